The number of likely N-dealkylation sites (N-methyl/N-ethyl adjacent to an activating group) is 1. The Morgan fingerprint density at radius 2 is 1.96 bits per heavy atom. The maximum absolute atomic E-state index is 12.7. The van der Waals surface area contributed by atoms with Gasteiger partial charge >= 0.3 is 6.18 Å². The Morgan fingerprint density at radius 3 is 2.64 bits per heavy atom. The Bertz CT molecular complexity index is 935. The average molecular weight is 387 g/mol. The van der Waals surface area contributed by atoms with E-state index in [4.69, 9.17) is 0 Å². The zero-order valence-electron chi connectivity index (χ0n) is 15.4. The van der Waals surface area contributed by atoms with Crippen molar-refractivity contribution in [2.75, 3.05) is 7.05 Å². The van der Waals surface area contributed by atoms with Crippen molar-refractivity contribution in [1.29, 1.82) is 0 Å². The van der Waals surface area contributed by atoms with Gasteiger partial charge in [0.15, 0.2) is 5.82 Å². The highest BCUT2D eigenvalue weighted by molar-refractivity contribution is 5.30. The molecular weight excluding hydrogens is 367 g/mol. The van der Waals surface area contributed by atoms with E-state index in [0.29, 0.717) is 11.9 Å². The number of rotatable bonds is 4. The second kappa shape index (κ2) is 7.35. The van der Waals surface area contributed by atoms with Crippen molar-refractivity contribution in [1.82, 2.24) is 24.6 Å². The Hall–Kier alpha value is -2.74. The monoisotopic (exact) mass is 387 g/mol. The van der Waals surface area contributed by atoms with Gasteiger partial charge < -0.3 is 0 Å². The molecule has 28 heavy (non-hydrogen) atoms. The van der Waals surface area contributed by atoms with E-state index in [1.165, 1.54) is 11.6 Å². The summed E-state index contributed by atoms with van der Waals surface area (Å²) in [7, 11) is 2.11. The van der Waals surface area contributed by atoms with Crippen LogP contribution in [0.4, 0.5) is 13.2 Å². The molecule has 0 saturated heterocycles. The van der Waals surface area contributed by atoms with Crippen LogP contribution in [0, 0.1) is 0 Å². The van der Waals surface area contributed by atoms with Gasteiger partial charge in [-0.1, -0.05) is 0 Å². The van der Waals surface area contributed by atoms with Gasteiger partial charge in [-0.05, 0) is 61.7 Å². The molecule has 1 unspecified atom stereocenters. The number of halogens is 3. The lowest BCUT2D eigenvalue weighted by molar-refractivity contribution is -0.137. The smallest absolute Gasteiger partial charge is 0.299 e. The zero-order valence-corrected chi connectivity index (χ0v) is 15.4. The number of fused-ring (bicyclic) bond motifs is 1. The van der Waals surface area contributed by atoms with Crippen LogP contribution in [0.5, 0.6) is 0 Å². The first-order valence-electron chi connectivity index (χ1n) is 9.10. The normalized spacial score (nSPS) is 17.0. The van der Waals surface area contributed by atoms with Gasteiger partial charge in [-0.25, -0.2) is 9.67 Å². The van der Waals surface area contributed by atoms with Gasteiger partial charge in [0.25, 0.3) is 0 Å². The predicted octanol–water partition coefficient (Wildman–Crippen LogP) is 3.67. The average Bonchev–Trinajstić information content (AvgIpc) is 3.11. The van der Waals surface area contributed by atoms with E-state index in [0.717, 1.165) is 49.3 Å². The molecule has 0 aromatic carbocycles. The Labute approximate surface area is 160 Å². The molecule has 1 aliphatic rings. The first-order valence-corrected chi connectivity index (χ1v) is 9.10. The molecule has 3 heterocycles. The second-order valence-corrected chi connectivity index (χ2v) is 7.12. The summed E-state index contributed by atoms with van der Waals surface area (Å²) in [6.45, 7) is 0.844. The molecule has 3 aromatic heterocycles. The van der Waals surface area contributed by atoms with E-state index in [1.807, 2.05) is 18.3 Å². The van der Waals surface area contributed by atoms with Crippen molar-refractivity contribution in [3.63, 3.8) is 0 Å². The van der Waals surface area contributed by atoms with Gasteiger partial charge in [0.05, 0.1) is 11.3 Å². The lowest BCUT2D eigenvalue weighted by Gasteiger charge is -2.30. The van der Waals surface area contributed by atoms with E-state index in [9.17, 15) is 13.2 Å². The third-order valence-electron chi connectivity index (χ3n) is 5.16. The molecule has 146 valence electrons. The van der Waals surface area contributed by atoms with Crippen molar-refractivity contribution >= 4 is 0 Å². The van der Waals surface area contributed by atoms with Gasteiger partial charge in [-0.15, -0.1) is 0 Å². The van der Waals surface area contributed by atoms with Crippen molar-refractivity contribution < 1.29 is 13.2 Å². The number of hydrogen-bond acceptors (Lipinski definition) is 4. The molecule has 0 spiro atoms. The summed E-state index contributed by atoms with van der Waals surface area (Å²) < 4.78 is 39.7. The Balaban J connectivity index is 1.47. The zero-order chi connectivity index (χ0) is 19.7. The van der Waals surface area contributed by atoms with E-state index in [2.05, 4.69) is 27.0 Å². The SMILES string of the molecule is CN(Cc1ccncc1)C1CCc2nn(-c3ccc(C(F)(F)F)cn3)cc2C1. The molecule has 3 aromatic rings. The molecule has 0 amide bonds. The number of pyridine rings is 2. The topological polar surface area (TPSA) is 46.8 Å². The van der Waals surface area contributed by atoms with Gasteiger partial charge in [0, 0.05) is 37.4 Å². The maximum Gasteiger partial charge on any atom is 0.417 e. The summed E-state index contributed by atoms with van der Waals surface area (Å²) in [5.74, 6) is 0.393. The molecular formula is C20H20F3N5. The summed E-state index contributed by atoms with van der Waals surface area (Å²) in [4.78, 5) is 10.3. The predicted molar refractivity (Wildman–Crippen MR) is 97.9 cm³/mol. The number of nitrogens with zero attached hydrogens (tertiary/aromatic N) is 5. The maximum atomic E-state index is 12.7. The fourth-order valence-corrected chi connectivity index (χ4v) is 3.57. The van der Waals surface area contributed by atoms with Crippen LogP contribution in [0.2, 0.25) is 0 Å². The summed E-state index contributed by atoms with van der Waals surface area (Å²) in [6.07, 6.45) is 4.63. The quantitative estimate of drug-likeness (QED) is 0.685. The third-order valence-corrected chi connectivity index (χ3v) is 5.16. The summed E-state index contributed by atoms with van der Waals surface area (Å²) in [5, 5.41) is 4.54. The van der Waals surface area contributed by atoms with Crippen LogP contribution >= 0.6 is 0 Å². The highest BCUT2D eigenvalue weighted by Gasteiger charge is 2.31. The lowest BCUT2D eigenvalue weighted by atomic mass is 9.92. The number of hydrogen-bond donors (Lipinski definition) is 0. The molecule has 1 atom stereocenters. The first-order chi connectivity index (χ1) is 13.4. The number of alkyl halides is 3. The van der Waals surface area contributed by atoms with Crippen LogP contribution in [0.25, 0.3) is 5.82 Å². The van der Waals surface area contributed by atoms with Gasteiger partial charge in [0.1, 0.15) is 0 Å². The highest BCUT2D eigenvalue weighted by Crippen LogP contribution is 2.29. The number of aromatic nitrogens is 4. The molecule has 0 aliphatic heterocycles. The van der Waals surface area contributed by atoms with Crippen molar-refractivity contribution in [2.45, 2.75) is 38.0 Å². The molecule has 1 aliphatic carbocycles. The second-order valence-electron chi connectivity index (χ2n) is 7.12. The highest BCUT2D eigenvalue weighted by atomic mass is 19.4. The standard InChI is InChI=1S/C20H20F3N5/c1-27(12-14-6-8-24-9-7-14)17-3-4-18-15(10-17)13-28(26-18)19-5-2-16(11-25-19)20(21,22)23/h2,5-9,11,13,17H,3-4,10,12H2,1H3. The molecule has 0 saturated carbocycles. The van der Waals surface area contributed by atoms with Gasteiger partial charge in [-0.3, -0.25) is 9.88 Å². The van der Waals surface area contributed by atoms with E-state index >= 15 is 0 Å². The molecule has 0 radical (unpaired) electrons. The minimum atomic E-state index is -4.39. The van der Waals surface area contributed by atoms with Crippen LogP contribution in [0.15, 0.2) is 49.1 Å². The molecule has 0 bridgehead atoms. The summed E-state index contributed by atoms with van der Waals surface area (Å²) >= 11 is 0. The van der Waals surface area contributed by atoms with Crippen molar-refractivity contribution in [3.05, 3.63) is 71.4 Å². The Kier molecular flexibility index (Phi) is 4.89. The molecule has 0 fully saturated rings. The number of aryl methyl sites for hydroxylation is 1. The summed E-state index contributed by atoms with van der Waals surface area (Å²) in [6, 6.07) is 6.81. The largest absolute Gasteiger partial charge is 0.417 e. The van der Waals surface area contributed by atoms with Crippen molar-refractivity contribution in [2.24, 2.45) is 0 Å². The fourth-order valence-electron chi connectivity index (χ4n) is 3.57. The van der Waals surface area contributed by atoms with Crippen LogP contribution < -0.4 is 0 Å². The fraction of sp³-hybridized carbons (Fsp3) is 0.350. The van der Waals surface area contributed by atoms with Crippen molar-refractivity contribution in [3.8, 4) is 5.82 Å². The van der Waals surface area contributed by atoms with Gasteiger partial charge in [0.2, 0.25) is 0 Å². The molecule has 5 nitrogen and oxygen atoms in total. The van der Waals surface area contributed by atoms with Crippen LogP contribution in [0.3, 0.4) is 0 Å². The minimum Gasteiger partial charge on any atom is -0.299 e. The van der Waals surface area contributed by atoms with E-state index in [-0.39, 0.29) is 0 Å². The molecule has 0 N–H and O–H groups in total. The lowest BCUT2D eigenvalue weighted by Crippen LogP contribution is -2.35. The molecule has 4 rings (SSSR count). The minimum absolute atomic E-state index is 0.388. The third kappa shape index (κ3) is 3.91. The Morgan fingerprint density at radius 1 is 1.18 bits per heavy atom. The molecule has 8 heteroatoms. The van der Waals surface area contributed by atoms with E-state index in [1.54, 1.807) is 17.1 Å². The summed E-state index contributed by atoms with van der Waals surface area (Å²) in [5.41, 5.74) is 2.58. The van der Waals surface area contributed by atoms with Crippen LogP contribution in [-0.2, 0) is 25.6 Å². The van der Waals surface area contributed by atoms with Gasteiger partial charge in [-0.2, -0.15) is 18.3 Å². The van der Waals surface area contributed by atoms with Crippen LogP contribution in [0.1, 0.15) is 28.8 Å². The van der Waals surface area contributed by atoms with E-state index < -0.39 is 11.7 Å². The van der Waals surface area contributed by atoms with Crippen LogP contribution in [-0.4, -0.2) is 37.7 Å². The first kappa shape index (κ1) is 18.6.